The van der Waals surface area contributed by atoms with E-state index in [-0.39, 0.29) is 29.5 Å². The number of hydrogen-bond acceptors (Lipinski definition) is 2. The number of rotatable bonds is 6. The van der Waals surface area contributed by atoms with Crippen LogP contribution in [0.1, 0.15) is 28.3 Å². The Morgan fingerprint density at radius 2 is 1.62 bits per heavy atom. The fourth-order valence-electron chi connectivity index (χ4n) is 2.75. The van der Waals surface area contributed by atoms with Crippen LogP contribution in [0.25, 0.3) is 0 Å². The van der Waals surface area contributed by atoms with Crippen LogP contribution in [0.3, 0.4) is 0 Å². The van der Waals surface area contributed by atoms with Gasteiger partial charge in [0.1, 0.15) is 5.82 Å². The van der Waals surface area contributed by atoms with E-state index in [1.165, 1.54) is 12.1 Å². The quantitative estimate of drug-likeness (QED) is 0.801. The molecule has 2 amide bonds. The van der Waals surface area contributed by atoms with Crippen molar-refractivity contribution < 1.29 is 14.0 Å². The van der Waals surface area contributed by atoms with Crippen molar-refractivity contribution in [2.45, 2.75) is 12.3 Å². The maximum atomic E-state index is 12.9. The molecule has 0 aromatic heterocycles. The molecule has 24 heavy (non-hydrogen) atoms. The van der Waals surface area contributed by atoms with Crippen LogP contribution in [0.5, 0.6) is 0 Å². The number of amides is 2. The molecular weight excluding hydrogens is 307 g/mol. The fourth-order valence-corrected chi connectivity index (χ4v) is 2.75. The van der Waals surface area contributed by atoms with Crippen LogP contribution in [-0.2, 0) is 4.79 Å². The molecule has 2 atom stereocenters. The first-order valence-corrected chi connectivity index (χ1v) is 8.01. The van der Waals surface area contributed by atoms with E-state index in [1.807, 2.05) is 6.07 Å². The molecule has 124 valence electrons. The Morgan fingerprint density at radius 3 is 2.33 bits per heavy atom. The van der Waals surface area contributed by atoms with Gasteiger partial charge in [0.2, 0.25) is 5.91 Å². The van der Waals surface area contributed by atoms with Gasteiger partial charge in [0.05, 0.1) is 0 Å². The molecule has 1 saturated carbocycles. The molecule has 1 aliphatic rings. The Hall–Kier alpha value is -2.69. The van der Waals surface area contributed by atoms with E-state index in [2.05, 4.69) is 10.6 Å². The third kappa shape index (κ3) is 3.98. The molecule has 0 aliphatic heterocycles. The van der Waals surface area contributed by atoms with E-state index in [1.54, 1.807) is 36.4 Å². The van der Waals surface area contributed by atoms with Gasteiger partial charge in [-0.15, -0.1) is 0 Å². The average Bonchev–Trinajstić information content (AvgIpc) is 3.40. The second kappa shape index (κ2) is 7.25. The standard InChI is InChI=1S/C19H19FN2O2/c20-15-8-6-13(7-9-15)16-12-17(16)19(24)22-11-10-21-18(23)14-4-2-1-3-5-14/h1-9,16-17H,10-12H2,(H,21,23)(H,22,24). The number of carbonyl (C=O) groups is 2. The van der Waals surface area contributed by atoms with Crippen LogP contribution in [-0.4, -0.2) is 24.9 Å². The highest BCUT2D eigenvalue weighted by Crippen LogP contribution is 2.47. The minimum absolute atomic E-state index is 0.0155. The smallest absolute Gasteiger partial charge is 0.251 e. The Morgan fingerprint density at radius 1 is 0.958 bits per heavy atom. The highest BCUT2D eigenvalue weighted by atomic mass is 19.1. The van der Waals surface area contributed by atoms with Crippen molar-refractivity contribution in [2.75, 3.05) is 13.1 Å². The second-order valence-corrected chi connectivity index (χ2v) is 5.91. The predicted molar refractivity (Wildman–Crippen MR) is 89.0 cm³/mol. The summed E-state index contributed by atoms with van der Waals surface area (Å²) < 4.78 is 12.9. The second-order valence-electron chi connectivity index (χ2n) is 5.91. The average molecular weight is 326 g/mol. The van der Waals surface area contributed by atoms with E-state index in [0.717, 1.165) is 12.0 Å². The number of benzene rings is 2. The van der Waals surface area contributed by atoms with E-state index >= 15 is 0 Å². The molecule has 3 rings (SSSR count). The molecule has 0 bridgehead atoms. The Balaban J connectivity index is 1.38. The van der Waals surface area contributed by atoms with Gasteiger partial charge >= 0.3 is 0 Å². The van der Waals surface area contributed by atoms with Gasteiger partial charge in [-0.05, 0) is 42.2 Å². The van der Waals surface area contributed by atoms with Gasteiger partial charge < -0.3 is 10.6 Å². The molecule has 2 unspecified atom stereocenters. The monoisotopic (exact) mass is 326 g/mol. The number of hydrogen-bond donors (Lipinski definition) is 2. The van der Waals surface area contributed by atoms with Crippen molar-refractivity contribution in [3.05, 3.63) is 71.5 Å². The van der Waals surface area contributed by atoms with Crippen LogP contribution in [0, 0.1) is 11.7 Å². The van der Waals surface area contributed by atoms with Crippen molar-refractivity contribution in [1.82, 2.24) is 10.6 Å². The van der Waals surface area contributed by atoms with E-state index in [0.29, 0.717) is 18.7 Å². The van der Waals surface area contributed by atoms with E-state index in [9.17, 15) is 14.0 Å². The zero-order chi connectivity index (χ0) is 16.9. The van der Waals surface area contributed by atoms with Crippen LogP contribution >= 0.6 is 0 Å². The SMILES string of the molecule is O=C(NCCNC(=O)C1CC1c1ccc(F)cc1)c1ccccc1. The summed E-state index contributed by atoms with van der Waals surface area (Å²) in [4.78, 5) is 23.9. The molecule has 0 spiro atoms. The molecule has 0 radical (unpaired) electrons. The molecule has 4 nitrogen and oxygen atoms in total. The molecule has 2 aromatic carbocycles. The summed E-state index contributed by atoms with van der Waals surface area (Å²) in [5.41, 5.74) is 1.59. The first kappa shape index (κ1) is 16.2. The normalized spacial score (nSPS) is 18.7. The molecule has 5 heteroatoms. The summed E-state index contributed by atoms with van der Waals surface area (Å²) in [6.45, 7) is 0.775. The lowest BCUT2D eigenvalue weighted by Gasteiger charge is -2.07. The lowest BCUT2D eigenvalue weighted by atomic mass is 10.1. The van der Waals surface area contributed by atoms with Crippen molar-refractivity contribution in [2.24, 2.45) is 5.92 Å². The number of carbonyl (C=O) groups excluding carboxylic acids is 2. The third-order valence-corrected chi connectivity index (χ3v) is 4.17. The first-order chi connectivity index (χ1) is 11.6. The van der Waals surface area contributed by atoms with Crippen molar-refractivity contribution >= 4 is 11.8 Å². The zero-order valence-electron chi connectivity index (χ0n) is 13.2. The molecule has 2 N–H and O–H groups in total. The molecule has 2 aromatic rings. The van der Waals surface area contributed by atoms with Crippen LogP contribution in [0.4, 0.5) is 4.39 Å². The first-order valence-electron chi connectivity index (χ1n) is 8.01. The molecule has 1 fully saturated rings. The zero-order valence-corrected chi connectivity index (χ0v) is 13.2. The highest BCUT2D eigenvalue weighted by Gasteiger charge is 2.43. The van der Waals surface area contributed by atoms with Crippen LogP contribution in [0.15, 0.2) is 54.6 Å². The summed E-state index contributed by atoms with van der Waals surface area (Å²) in [5, 5.41) is 5.60. The minimum atomic E-state index is -0.269. The van der Waals surface area contributed by atoms with Crippen molar-refractivity contribution in [3.63, 3.8) is 0 Å². The summed E-state index contributed by atoms with van der Waals surface area (Å²) in [7, 11) is 0. The Kier molecular flexibility index (Phi) is 4.89. The van der Waals surface area contributed by atoms with Crippen LogP contribution in [0.2, 0.25) is 0 Å². The third-order valence-electron chi connectivity index (χ3n) is 4.17. The fraction of sp³-hybridized carbons (Fsp3) is 0.263. The topological polar surface area (TPSA) is 58.2 Å². The van der Waals surface area contributed by atoms with Gasteiger partial charge in [-0.1, -0.05) is 30.3 Å². The van der Waals surface area contributed by atoms with Gasteiger partial charge in [0.25, 0.3) is 5.91 Å². The van der Waals surface area contributed by atoms with E-state index in [4.69, 9.17) is 0 Å². The Bertz CT molecular complexity index is 716. The van der Waals surface area contributed by atoms with Gasteiger partial charge in [-0.25, -0.2) is 4.39 Å². The Labute approximate surface area is 140 Å². The minimum Gasteiger partial charge on any atom is -0.354 e. The molecular formula is C19H19FN2O2. The highest BCUT2D eigenvalue weighted by molar-refractivity contribution is 5.94. The lowest BCUT2D eigenvalue weighted by Crippen LogP contribution is -2.35. The van der Waals surface area contributed by atoms with Gasteiger partial charge in [-0.3, -0.25) is 9.59 Å². The number of nitrogens with one attached hydrogen (secondary N) is 2. The predicted octanol–water partition coefficient (Wildman–Crippen LogP) is 2.48. The summed E-state index contributed by atoms with van der Waals surface area (Å²) in [6.07, 6.45) is 0.786. The summed E-state index contributed by atoms with van der Waals surface area (Å²) >= 11 is 0. The molecule has 0 heterocycles. The maximum absolute atomic E-state index is 12.9. The van der Waals surface area contributed by atoms with Gasteiger partial charge in [0, 0.05) is 24.6 Å². The summed E-state index contributed by atoms with van der Waals surface area (Å²) in [6, 6.07) is 15.2. The van der Waals surface area contributed by atoms with E-state index < -0.39 is 0 Å². The summed E-state index contributed by atoms with van der Waals surface area (Å²) in [5.74, 6) is -0.321. The van der Waals surface area contributed by atoms with Crippen molar-refractivity contribution in [3.8, 4) is 0 Å². The van der Waals surface area contributed by atoms with Crippen LogP contribution < -0.4 is 10.6 Å². The molecule has 1 aliphatic carbocycles. The van der Waals surface area contributed by atoms with Gasteiger partial charge in [-0.2, -0.15) is 0 Å². The largest absolute Gasteiger partial charge is 0.354 e. The van der Waals surface area contributed by atoms with Crippen molar-refractivity contribution in [1.29, 1.82) is 0 Å². The maximum Gasteiger partial charge on any atom is 0.251 e. The van der Waals surface area contributed by atoms with Gasteiger partial charge in [0.15, 0.2) is 0 Å². The lowest BCUT2D eigenvalue weighted by molar-refractivity contribution is -0.122. The number of halogens is 1. The molecule has 0 saturated heterocycles.